The van der Waals surface area contributed by atoms with Gasteiger partial charge in [-0.1, -0.05) is 54.2 Å². The number of carbonyl (C=O) groups excluding carboxylic acids is 1. The normalized spacial score (nSPS) is 12.2. The molecule has 0 fully saturated rings. The van der Waals surface area contributed by atoms with Gasteiger partial charge in [0.15, 0.2) is 0 Å². The number of benzene rings is 2. The van der Waals surface area contributed by atoms with Gasteiger partial charge in [-0.15, -0.1) is 10.2 Å². The molecule has 0 aliphatic rings. The predicted octanol–water partition coefficient (Wildman–Crippen LogP) is 4.76. The Hall–Kier alpha value is -3.06. The lowest BCUT2D eigenvalue weighted by Gasteiger charge is -2.16. The Morgan fingerprint density at radius 3 is 2.79 bits per heavy atom. The number of carbonyl (C=O) groups is 1. The first-order valence-electron chi connectivity index (χ1n) is 8.89. The van der Waals surface area contributed by atoms with E-state index in [-0.39, 0.29) is 17.7 Å². The fraction of sp³-hybridized carbons (Fsp3) is 0.190. The molecule has 0 saturated heterocycles. The molecule has 1 atom stereocenters. The Bertz CT molecular complexity index is 1110. The smallest absolute Gasteiger partial charge is 0.277 e. The van der Waals surface area contributed by atoms with Gasteiger partial charge >= 0.3 is 0 Å². The summed E-state index contributed by atoms with van der Waals surface area (Å²) in [6.07, 6.45) is 1.57. The van der Waals surface area contributed by atoms with E-state index >= 15 is 0 Å². The van der Waals surface area contributed by atoms with Gasteiger partial charge in [0.05, 0.1) is 23.6 Å². The zero-order valence-electron chi connectivity index (χ0n) is 15.5. The molecule has 6 nitrogen and oxygen atoms in total. The number of nitrogens with zero attached hydrogens (tertiary/aromatic N) is 2. The summed E-state index contributed by atoms with van der Waals surface area (Å²) in [6.45, 7) is 3.81. The van der Waals surface area contributed by atoms with E-state index in [1.165, 1.54) is 11.8 Å². The first kappa shape index (κ1) is 18.3. The van der Waals surface area contributed by atoms with Gasteiger partial charge in [0.2, 0.25) is 5.91 Å². The molecule has 4 rings (SSSR count). The van der Waals surface area contributed by atoms with Crippen LogP contribution >= 0.6 is 11.8 Å². The molecular formula is C21H19N3O3S. The molecule has 7 heteroatoms. The molecule has 1 amide bonds. The summed E-state index contributed by atoms with van der Waals surface area (Å²) in [5.41, 5.74) is 1.85. The van der Waals surface area contributed by atoms with Crippen LogP contribution in [0.3, 0.4) is 0 Å². The van der Waals surface area contributed by atoms with Crippen LogP contribution in [0.1, 0.15) is 24.3 Å². The van der Waals surface area contributed by atoms with E-state index in [0.717, 1.165) is 21.9 Å². The molecule has 2 heterocycles. The average Bonchev–Trinajstić information content (AvgIpc) is 3.34. The van der Waals surface area contributed by atoms with Crippen LogP contribution < -0.4 is 5.32 Å². The van der Waals surface area contributed by atoms with Crippen LogP contribution in [-0.2, 0) is 4.79 Å². The fourth-order valence-corrected chi connectivity index (χ4v) is 3.67. The summed E-state index contributed by atoms with van der Waals surface area (Å²) >= 11 is 1.21. The minimum atomic E-state index is -0.106. The Morgan fingerprint density at radius 1 is 1.14 bits per heavy atom. The van der Waals surface area contributed by atoms with E-state index in [2.05, 4.69) is 33.7 Å². The van der Waals surface area contributed by atoms with E-state index in [1.54, 1.807) is 12.3 Å². The Balaban J connectivity index is 1.38. The van der Waals surface area contributed by atoms with Crippen molar-refractivity contribution in [2.75, 3.05) is 5.75 Å². The van der Waals surface area contributed by atoms with Crippen LogP contribution in [-0.4, -0.2) is 21.9 Å². The molecular weight excluding hydrogens is 374 g/mol. The lowest BCUT2D eigenvalue weighted by Crippen LogP contribution is -2.28. The highest BCUT2D eigenvalue weighted by molar-refractivity contribution is 7.99. The van der Waals surface area contributed by atoms with Crippen molar-refractivity contribution in [3.05, 3.63) is 66.1 Å². The topological polar surface area (TPSA) is 81.2 Å². The summed E-state index contributed by atoms with van der Waals surface area (Å²) in [6, 6.07) is 15.9. The molecule has 1 N–H and O–H groups in total. The summed E-state index contributed by atoms with van der Waals surface area (Å²) in [5, 5.41) is 13.7. The monoisotopic (exact) mass is 393 g/mol. The quantitative estimate of drug-likeness (QED) is 0.476. The van der Waals surface area contributed by atoms with Gasteiger partial charge in [-0.25, -0.2) is 0 Å². The number of aryl methyl sites for hydroxylation is 1. The number of hydrogen-bond acceptors (Lipinski definition) is 6. The second-order valence-corrected chi connectivity index (χ2v) is 7.34. The molecule has 142 valence electrons. The van der Waals surface area contributed by atoms with Crippen LogP contribution in [0.25, 0.3) is 22.2 Å². The molecule has 0 aliphatic carbocycles. The second-order valence-electron chi connectivity index (χ2n) is 6.41. The molecule has 2 aromatic carbocycles. The third-order valence-electron chi connectivity index (χ3n) is 4.49. The van der Waals surface area contributed by atoms with Gasteiger partial charge in [0, 0.05) is 0 Å². The Morgan fingerprint density at radius 2 is 1.96 bits per heavy atom. The first-order valence-corrected chi connectivity index (χ1v) is 9.88. The first-order chi connectivity index (χ1) is 13.6. The fourth-order valence-electron chi connectivity index (χ4n) is 3.10. The van der Waals surface area contributed by atoms with Crippen LogP contribution in [0.2, 0.25) is 0 Å². The number of aromatic nitrogens is 2. The Labute approximate surface area is 166 Å². The van der Waals surface area contributed by atoms with Gasteiger partial charge in [0.25, 0.3) is 11.1 Å². The highest BCUT2D eigenvalue weighted by Crippen LogP contribution is 2.27. The van der Waals surface area contributed by atoms with E-state index in [1.807, 2.05) is 38.1 Å². The standard InChI is InChI=1S/C21H19N3O3S/c1-13(16-9-5-7-15-6-3-4-8-18(15)16)22-19(25)12-28-21-24-23-20(27-21)17-10-11-26-14(17)2/h3-11,13H,12H2,1-2H3,(H,22,25)/t13-/m1/s1. The van der Waals surface area contributed by atoms with Crippen molar-refractivity contribution in [1.82, 2.24) is 15.5 Å². The maximum absolute atomic E-state index is 12.4. The van der Waals surface area contributed by atoms with E-state index in [9.17, 15) is 4.79 Å². The van der Waals surface area contributed by atoms with Crippen molar-refractivity contribution in [2.45, 2.75) is 25.1 Å². The largest absolute Gasteiger partial charge is 0.469 e. The summed E-state index contributed by atoms with van der Waals surface area (Å²) in [4.78, 5) is 12.4. The SMILES string of the molecule is Cc1occc1-c1nnc(SCC(=O)N[C@H](C)c2cccc3ccccc23)o1. The van der Waals surface area contributed by atoms with Crippen molar-refractivity contribution in [2.24, 2.45) is 0 Å². The van der Waals surface area contributed by atoms with Crippen molar-refractivity contribution in [3.8, 4) is 11.5 Å². The number of fused-ring (bicyclic) bond motifs is 1. The minimum Gasteiger partial charge on any atom is -0.469 e. The summed E-state index contributed by atoms with van der Waals surface area (Å²) in [7, 11) is 0. The van der Waals surface area contributed by atoms with Crippen LogP contribution in [0.4, 0.5) is 0 Å². The van der Waals surface area contributed by atoms with Crippen molar-refractivity contribution >= 4 is 28.4 Å². The number of amides is 1. The highest BCUT2D eigenvalue weighted by atomic mass is 32.2. The summed E-state index contributed by atoms with van der Waals surface area (Å²) < 4.78 is 10.9. The van der Waals surface area contributed by atoms with Gasteiger partial charge in [-0.3, -0.25) is 4.79 Å². The zero-order chi connectivity index (χ0) is 19.5. The van der Waals surface area contributed by atoms with Crippen molar-refractivity contribution in [1.29, 1.82) is 0 Å². The molecule has 0 radical (unpaired) electrons. The lowest BCUT2D eigenvalue weighted by atomic mass is 10.00. The number of thioether (sulfide) groups is 1. The lowest BCUT2D eigenvalue weighted by molar-refractivity contribution is -0.119. The molecule has 0 spiro atoms. The van der Waals surface area contributed by atoms with Gasteiger partial charge in [-0.2, -0.15) is 0 Å². The number of rotatable bonds is 6. The van der Waals surface area contributed by atoms with Crippen LogP contribution in [0.5, 0.6) is 0 Å². The van der Waals surface area contributed by atoms with E-state index in [4.69, 9.17) is 8.83 Å². The molecule has 0 saturated carbocycles. The second kappa shape index (κ2) is 7.90. The maximum atomic E-state index is 12.4. The molecule has 0 bridgehead atoms. The van der Waals surface area contributed by atoms with E-state index < -0.39 is 0 Å². The molecule has 2 aromatic heterocycles. The van der Waals surface area contributed by atoms with Crippen LogP contribution in [0, 0.1) is 6.92 Å². The number of nitrogens with one attached hydrogen (secondary N) is 1. The van der Waals surface area contributed by atoms with Gasteiger partial charge < -0.3 is 14.2 Å². The third kappa shape index (κ3) is 3.80. The highest BCUT2D eigenvalue weighted by Gasteiger charge is 2.16. The van der Waals surface area contributed by atoms with E-state index in [0.29, 0.717) is 16.9 Å². The minimum absolute atomic E-state index is 0.0929. The van der Waals surface area contributed by atoms with Crippen LogP contribution in [0.15, 0.2) is 68.9 Å². The average molecular weight is 393 g/mol. The van der Waals surface area contributed by atoms with Gasteiger partial charge in [0.1, 0.15) is 5.76 Å². The number of furan rings is 1. The predicted molar refractivity (Wildman–Crippen MR) is 108 cm³/mol. The molecule has 28 heavy (non-hydrogen) atoms. The third-order valence-corrected chi connectivity index (χ3v) is 5.31. The molecule has 0 aliphatic heterocycles. The molecule has 0 unspecified atom stereocenters. The molecule has 4 aromatic rings. The maximum Gasteiger partial charge on any atom is 0.277 e. The Kier molecular flexibility index (Phi) is 5.16. The van der Waals surface area contributed by atoms with Crippen molar-refractivity contribution in [3.63, 3.8) is 0 Å². The van der Waals surface area contributed by atoms with Gasteiger partial charge in [-0.05, 0) is 36.2 Å². The zero-order valence-corrected chi connectivity index (χ0v) is 16.3. The van der Waals surface area contributed by atoms with Crippen molar-refractivity contribution < 1.29 is 13.6 Å². The summed E-state index contributed by atoms with van der Waals surface area (Å²) in [5.74, 6) is 1.20. The number of hydrogen-bond donors (Lipinski definition) is 1.